The molecule has 4 heterocycles. The molecule has 0 bridgehead atoms. The predicted molar refractivity (Wildman–Crippen MR) is 183 cm³/mol. The van der Waals surface area contributed by atoms with E-state index in [0.717, 1.165) is 42.9 Å². The number of methoxy groups -OCH3 is 2. The number of carbonyl (C=O) groups excluding carboxylic acids is 1. The minimum absolute atomic E-state index is 0.0878. The van der Waals surface area contributed by atoms with Crippen molar-refractivity contribution in [2.75, 3.05) is 40.4 Å². The van der Waals surface area contributed by atoms with Crippen LogP contribution in [0.3, 0.4) is 0 Å². The van der Waals surface area contributed by atoms with E-state index in [9.17, 15) is 4.79 Å². The molecule has 0 saturated carbocycles. The van der Waals surface area contributed by atoms with Gasteiger partial charge < -0.3 is 25.4 Å². The van der Waals surface area contributed by atoms with E-state index < -0.39 is 0 Å². The Morgan fingerprint density at radius 3 is 2.09 bits per heavy atom. The molecule has 2 aromatic heterocycles. The van der Waals surface area contributed by atoms with Crippen LogP contribution >= 0.6 is 23.2 Å². The molecular weight excluding hydrogens is 639 g/mol. The first-order valence-corrected chi connectivity index (χ1v) is 16.4. The van der Waals surface area contributed by atoms with Gasteiger partial charge in [-0.25, -0.2) is 9.97 Å². The largest absolute Gasteiger partial charge is 0.480 e. The Morgan fingerprint density at radius 2 is 1.51 bits per heavy atom. The Morgan fingerprint density at radius 1 is 0.915 bits per heavy atom. The second-order valence-electron chi connectivity index (χ2n) is 11.8. The molecule has 11 nitrogen and oxygen atoms in total. The first kappa shape index (κ1) is 33.0. The Balaban J connectivity index is 1.24. The molecule has 3 N–H and O–H groups in total. The van der Waals surface area contributed by atoms with Gasteiger partial charge in [-0.2, -0.15) is 0 Å². The van der Waals surface area contributed by atoms with Gasteiger partial charge in [0, 0.05) is 80.0 Å². The number of ether oxygens (including phenoxy) is 2. The molecule has 2 fully saturated rings. The summed E-state index contributed by atoms with van der Waals surface area (Å²) in [5, 5.41) is 10.7. The van der Waals surface area contributed by atoms with Crippen molar-refractivity contribution in [3.63, 3.8) is 0 Å². The monoisotopic (exact) mass is 676 g/mol. The second-order valence-corrected chi connectivity index (χ2v) is 12.5. The van der Waals surface area contributed by atoms with E-state index in [2.05, 4.69) is 32.8 Å². The lowest BCUT2D eigenvalue weighted by Crippen LogP contribution is -2.48. The lowest BCUT2D eigenvalue weighted by molar-refractivity contribution is -0.119. The summed E-state index contributed by atoms with van der Waals surface area (Å²) in [4.78, 5) is 32.7. The normalized spacial score (nSPS) is 18.3. The fourth-order valence-electron chi connectivity index (χ4n) is 6.05. The van der Waals surface area contributed by atoms with Crippen LogP contribution in [-0.2, 0) is 17.9 Å². The van der Waals surface area contributed by atoms with E-state index in [1.165, 1.54) is 0 Å². The summed E-state index contributed by atoms with van der Waals surface area (Å²) in [5.74, 6) is 0.964. The van der Waals surface area contributed by atoms with Crippen LogP contribution in [0.5, 0.6) is 11.8 Å². The number of amides is 1. The molecule has 13 heteroatoms. The average Bonchev–Trinajstić information content (AvgIpc) is 3.50. The summed E-state index contributed by atoms with van der Waals surface area (Å²) >= 11 is 14.1. The van der Waals surface area contributed by atoms with Gasteiger partial charge in [-0.15, -0.1) is 0 Å². The number of hydrogen-bond donors (Lipinski definition) is 3. The van der Waals surface area contributed by atoms with E-state index in [1.54, 1.807) is 26.6 Å². The molecule has 2 atom stereocenters. The molecule has 0 unspecified atom stereocenters. The molecule has 0 spiro atoms. The summed E-state index contributed by atoms with van der Waals surface area (Å²) in [6, 6.07) is 12.0. The molecule has 0 aliphatic carbocycles. The lowest BCUT2D eigenvalue weighted by atomic mass is 9.98. The van der Waals surface area contributed by atoms with Crippen LogP contribution in [-0.4, -0.2) is 83.2 Å². The highest BCUT2D eigenvalue weighted by Crippen LogP contribution is 2.42. The number of halogens is 2. The van der Waals surface area contributed by atoms with Crippen molar-refractivity contribution in [3.05, 3.63) is 70.2 Å². The first-order chi connectivity index (χ1) is 22.8. The Bertz CT molecular complexity index is 1760. The zero-order valence-corrected chi connectivity index (χ0v) is 28.2. The molecule has 246 valence electrons. The van der Waals surface area contributed by atoms with Gasteiger partial charge in [-0.05, 0) is 13.3 Å². The fourth-order valence-corrected chi connectivity index (χ4v) is 6.70. The predicted octanol–water partition coefficient (Wildman–Crippen LogP) is 4.75. The molecular formula is C34H38Cl2N8O3. The van der Waals surface area contributed by atoms with Crippen molar-refractivity contribution < 1.29 is 14.3 Å². The first-order valence-electron chi connectivity index (χ1n) is 15.7. The van der Waals surface area contributed by atoms with Crippen LogP contribution in [0.25, 0.3) is 33.6 Å². The summed E-state index contributed by atoms with van der Waals surface area (Å²) in [7, 11) is 3.17. The lowest BCUT2D eigenvalue weighted by Gasteiger charge is -2.31. The van der Waals surface area contributed by atoms with Crippen LogP contribution in [0.1, 0.15) is 31.2 Å². The highest BCUT2D eigenvalue weighted by atomic mass is 35.5. The van der Waals surface area contributed by atoms with Crippen molar-refractivity contribution >= 4 is 29.1 Å². The number of piperazine rings is 1. The molecule has 2 aliphatic rings. The molecule has 2 aromatic carbocycles. The summed E-state index contributed by atoms with van der Waals surface area (Å²) in [6.07, 6.45) is 4.81. The SMILES string of the molecule is COc1nc(-c2cccc(-c3cccc(-c4cnc(CN5CCN[C@@H](C)C5)c(OC)n4)c3Cl)c2Cl)cnc1CNC[C@@H]1CCC(=O)N1. The standard InChI is InChI=1S/C34H38Cl2N8O3/c1-20-18-44(13-12-38-20)19-29-34(47-3)43-27(17-40-29)25-9-5-7-23(32(25)36)22-6-4-8-24(31(22)35)26-16-39-28(33(42-26)46-2)15-37-14-21-10-11-30(45)41-21/h4-9,16-17,20-21,37-38H,10-15,18-19H2,1-3H3,(H,41,45)/t20-,21-/m0/s1. The van der Waals surface area contributed by atoms with Gasteiger partial charge in [0.15, 0.2) is 0 Å². The van der Waals surface area contributed by atoms with Crippen LogP contribution in [0.15, 0.2) is 48.8 Å². The number of rotatable bonds is 11. The molecule has 6 rings (SSSR count). The van der Waals surface area contributed by atoms with Crippen molar-refractivity contribution in [1.82, 2.24) is 40.8 Å². The molecule has 0 radical (unpaired) electrons. The summed E-state index contributed by atoms with van der Waals surface area (Å²) in [5.41, 5.74) is 5.52. The average molecular weight is 678 g/mol. The minimum atomic E-state index is 0.0878. The van der Waals surface area contributed by atoms with Crippen LogP contribution < -0.4 is 25.4 Å². The van der Waals surface area contributed by atoms with Gasteiger partial charge in [0.2, 0.25) is 17.7 Å². The van der Waals surface area contributed by atoms with Gasteiger partial charge >= 0.3 is 0 Å². The zero-order valence-electron chi connectivity index (χ0n) is 26.6. The highest BCUT2D eigenvalue weighted by molar-refractivity contribution is 6.39. The number of nitrogens with zero attached hydrogens (tertiary/aromatic N) is 5. The van der Waals surface area contributed by atoms with E-state index in [0.29, 0.717) is 82.1 Å². The Labute approximate surface area is 284 Å². The maximum absolute atomic E-state index is 11.5. The van der Waals surface area contributed by atoms with Crippen molar-refractivity contribution in [2.24, 2.45) is 0 Å². The maximum atomic E-state index is 11.5. The number of aromatic nitrogens is 4. The maximum Gasteiger partial charge on any atom is 0.237 e. The molecule has 47 heavy (non-hydrogen) atoms. The van der Waals surface area contributed by atoms with Crippen LogP contribution in [0.2, 0.25) is 10.0 Å². The zero-order chi connectivity index (χ0) is 32.9. The third-order valence-corrected chi connectivity index (χ3v) is 9.26. The minimum Gasteiger partial charge on any atom is -0.480 e. The molecule has 2 saturated heterocycles. The van der Waals surface area contributed by atoms with Crippen LogP contribution in [0, 0.1) is 0 Å². The van der Waals surface area contributed by atoms with Crippen LogP contribution in [0.4, 0.5) is 0 Å². The Kier molecular flexibility index (Phi) is 10.5. The number of nitrogens with one attached hydrogen (secondary N) is 3. The van der Waals surface area contributed by atoms with Crippen molar-refractivity contribution in [2.45, 2.75) is 44.9 Å². The van der Waals surface area contributed by atoms with E-state index >= 15 is 0 Å². The quantitative estimate of drug-likeness (QED) is 0.205. The van der Waals surface area contributed by atoms with Gasteiger partial charge in [0.25, 0.3) is 0 Å². The Hall–Kier alpha value is -3.87. The molecule has 1 amide bonds. The number of hydrogen-bond acceptors (Lipinski definition) is 10. The number of benzene rings is 2. The number of carbonyl (C=O) groups is 1. The fraction of sp³-hybridized carbons (Fsp3) is 0.382. The van der Waals surface area contributed by atoms with Crippen molar-refractivity contribution in [3.8, 4) is 45.4 Å². The van der Waals surface area contributed by atoms with Gasteiger partial charge in [0.05, 0.1) is 48.0 Å². The van der Waals surface area contributed by atoms with Gasteiger partial charge in [0.1, 0.15) is 11.4 Å². The van der Waals surface area contributed by atoms with E-state index in [-0.39, 0.29) is 11.9 Å². The second kappa shape index (κ2) is 14.9. The summed E-state index contributed by atoms with van der Waals surface area (Å²) < 4.78 is 11.3. The smallest absolute Gasteiger partial charge is 0.237 e. The molecule has 4 aromatic rings. The summed E-state index contributed by atoms with van der Waals surface area (Å²) in [6.45, 7) is 6.73. The van der Waals surface area contributed by atoms with Gasteiger partial charge in [-0.1, -0.05) is 59.6 Å². The third kappa shape index (κ3) is 7.50. The van der Waals surface area contributed by atoms with Crippen molar-refractivity contribution in [1.29, 1.82) is 0 Å². The van der Waals surface area contributed by atoms with E-state index in [1.807, 2.05) is 36.4 Å². The van der Waals surface area contributed by atoms with Gasteiger partial charge in [-0.3, -0.25) is 19.7 Å². The topological polar surface area (TPSA) is 126 Å². The van der Waals surface area contributed by atoms with E-state index in [4.69, 9.17) is 47.6 Å². The molecule has 2 aliphatic heterocycles. The third-order valence-electron chi connectivity index (χ3n) is 8.44. The highest BCUT2D eigenvalue weighted by Gasteiger charge is 2.23.